The van der Waals surface area contributed by atoms with Crippen molar-refractivity contribution < 1.29 is 33.3 Å². The topological polar surface area (TPSA) is 219 Å². The number of amides is 6. The Balaban J connectivity index is 0.000000131. The van der Waals surface area contributed by atoms with Crippen LogP contribution in [-0.2, 0) is 14.4 Å². The van der Waals surface area contributed by atoms with Gasteiger partial charge in [-0.2, -0.15) is 0 Å². The summed E-state index contributed by atoms with van der Waals surface area (Å²) in [5, 5.41) is 12.2. The number of imide groups is 3. The third-order valence-corrected chi connectivity index (χ3v) is 11.7. The minimum Gasteiger partial charge on any atom is -0.362 e. The Morgan fingerprint density at radius 2 is 1.03 bits per heavy atom. The van der Waals surface area contributed by atoms with Crippen molar-refractivity contribution in [2.75, 3.05) is 19.0 Å². The van der Waals surface area contributed by atoms with Gasteiger partial charge in [-0.3, -0.25) is 44.7 Å². The molecule has 6 heterocycles. The molecule has 0 radical (unpaired) electrons. The second-order valence-electron chi connectivity index (χ2n) is 13.8. The van der Waals surface area contributed by atoms with E-state index in [0.717, 1.165) is 102 Å². The predicted octanol–water partition coefficient (Wildman–Crippen LogP) is 8.10. The van der Waals surface area contributed by atoms with E-state index in [4.69, 9.17) is 4.52 Å². The van der Waals surface area contributed by atoms with E-state index in [0.29, 0.717) is 20.3 Å². The number of hydrogen-bond donors (Lipinski definition) is 3. The van der Waals surface area contributed by atoms with Crippen LogP contribution in [0.15, 0.2) is 117 Å². The summed E-state index contributed by atoms with van der Waals surface area (Å²) in [6.07, 6.45) is 8.14. The Kier molecular flexibility index (Phi) is 12.2. The van der Waals surface area contributed by atoms with Gasteiger partial charge in [0.1, 0.15) is 18.5 Å². The van der Waals surface area contributed by atoms with Gasteiger partial charge >= 0.3 is 0 Å². The van der Waals surface area contributed by atoms with Gasteiger partial charge in [0.05, 0.1) is 37.1 Å². The summed E-state index contributed by atoms with van der Waals surface area (Å²) in [4.78, 5) is 88.5. The average Bonchev–Trinajstić information content (AvgIpc) is 4.00. The van der Waals surface area contributed by atoms with Crippen LogP contribution < -0.4 is 20.9 Å². The molecule has 0 atom stereocenters. The molecule has 3 N–H and O–H groups in total. The molecule has 3 aliphatic heterocycles. The molecule has 0 unspecified atom stereocenters. The highest BCUT2D eigenvalue weighted by molar-refractivity contribution is 8.19. The first-order chi connectivity index (χ1) is 30.4. The third kappa shape index (κ3) is 9.70. The van der Waals surface area contributed by atoms with E-state index in [1.807, 2.05) is 105 Å². The number of aryl methyl sites for hydroxylation is 1. The molecule has 16 nitrogen and oxygen atoms in total. The monoisotopic (exact) mass is 893 g/mol. The Morgan fingerprint density at radius 3 is 1.54 bits per heavy atom. The molecular formula is C44H31N9O7S3. The summed E-state index contributed by atoms with van der Waals surface area (Å²) in [5.74, 6) is -0.271. The van der Waals surface area contributed by atoms with Crippen LogP contribution in [0.25, 0.3) is 62.3 Å². The van der Waals surface area contributed by atoms with Crippen molar-refractivity contribution in [1.82, 2.24) is 41.0 Å². The van der Waals surface area contributed by atoms with Crippen molar-refractivity contribution in [3.63, 3.8) is 0 Å². The first-order valence-corrected chi connectivity index (χ1v) is 21.2. The van der Waals surface area contributed by atoms with Crippen LogP contribution in [0.4, 0.5) is 20.2 Å². The lowest BCUT2D eigenvalue weighted by Crippen LogP contribution is -2.17. The van der Waals surface area contributed by atoms with Gasteiger partial charge in [-0.25, -0.2) is 19.9 Å². The maximum atomic E-state index is 11.7. The van der Waals surface area contributed by atoms with E-state index >= 15 is 0 Å². The molecular weight excluding hydrogens is 863 g/mol. The highest BCUT2D eigenvalue weighted by atomic mass is 32.2. The molecule has 0 bridgehead atoms. The molecule has 3 aromatic heterocycles. The highest BCUT2D eigenvalue weighted by Gasteiger charge is 2.27. The van der Waals surface area contributed by atoms with Crippen molar-refractivity contribution in [3.05, 3.63) is 135 Å². The van der Waals surface area contributed by atoms with Crippen LogP contribution in [0, 0.1) is 6.92 Å². The summed E-state index contributed by atoms with van der Waals surface area (Å²) < 4.78 is 5.10. The number of rotatable bonds is 5. The molecule has 19 heteroatoms. The van der Waals surface area contributed by atoms with Crippen LogP contribution >= 0.6 is 35.3 Å². The lowest BCUT2D eigenvalue weighted by molar-refractivity contribution is -0.116. The molecule has 0 saturated carbocycles. The van der Waals surface area contributed by atoms with Gasteiger partial charge in [0.25, 0.3) is 33.4 Å². The van der Waals surface area contributed by atoms with Crippen LogP contribution in [-0.4, -0.2) is 72.6 Å². The molecule has 0 spiro atoms. The van der Waals surface area contributed by atoms with E-state index in [1.165, 1.54) is 6.33 Å². The third-order valence-electron chi connectivity index (χ3n) is 9.26. The van der Waals surface area contributed by atoms with Crippen LogP contribution in [0.1, 0.15) is 22.4 Å². The Bertz CT molecular complexity index is 3150. The molecule has 0 aliphatic carbocycles. The lowest BCUT2D eigenvalue weighted by Gasteiger charge is -2.13. The van der Waals surface area contributed by atoms with Gasteiger partial charge in [-0.15, -0.1) is 0 Å². The van der Waals surface area contributed by atoms with Gasteiger partial charge in [0.15, 0.2) is 5.58 Å². The fourth-order valence-corrected chi connectivity index (χ4v) is 8.43. The van der Waals surface area contributed by atoms with E-state index < -0.39 is 0 Å². The average molecular weight is 894 g/mol. The first kappa shape index (κ1) is 42.2. The number of anilines is 1. The van der Waals surface area contributed by atoms with Crippen LogP contribution in [0.3, 0.4) is 0 Å². The maximum absolute atomic E-state index is 11.7. The van der Waals surface area contributed by atoms with Gasteiger partial charge < -0.3 is 9.42 Å². The number of carbonyl (C=O) groups excluding carboxylic acids is 6. The summed E-state index contributed by atoms with van der Waals surface area (Å²) in [7, 11) is 3.82. The number of carbonyl (C=O) groups is 6. The Hall–Kier alpha value is -7.48. The molecule has 3 fully saturated rings. The molecule has 4 aromatic carbocycles. The van der Waals surface area contributed by atoms with Gasteiger partial charge in [0, 0.05) is 35.8 Å². The largest absolute Gasteiger partial charge is 0.362 e. The fourth-order valence-electron chi connectivity index (χ4n) is 6.38. The lowest BCUT2D eigenvalue weighted by atomic mass is 10.0. The zero-order chi connectivity index (χ0) is 44.2. The van der Waals surface area contributed by atoms with Crippen LogP contribution in [0.5, 0.6) is 0 Å². The molecule has 312 valence electrons. The zero-order valence-electron chi connectivity index (χ0n) is 33.2. The van der Waals surface area contributed by atoms with Gasteiger partial charge in [-0.1, -0.05) is 53.7 Å². The second kappa shape index (κ2) is 18.2. The number of benzene rings is 4. The fraction of sp³-hybridized carbons (Fsp3) is 0.0682. The zero-order valence-corrected chi connectivity index (χ0v) is 35.7. The molecule has 7 aromatic rings. The number of fused-ring (bicyclic) bond motifs is 3. The van der Waals surface area contributed by atoms with Crippen LogP contribution in [0.2, 0.25) is 0 Å². The van der Waals surface area contributed by atoms with Crippen molar-refractivity contribution in [2.24, 2.45) is 0 Å². The van der Waals surface area contributed by atoms with E-state index in [9.17, 15) is 28.8 Å². The number of aromatic nitrogens is 5. The van der Waals surface area contributed by atoms with Gasteiger partial charge in [0.2, 0.25) is 0 Å². The standard InChI is InChI=1S/C18H11N3O2S.C14H12N4O2S.C12H8N2O3S/c22-17-15(24-18(23)21-17)9-11-6-7-14-13(8-11)16(20-10-19-14)12-4-2-1-3-5-12;1-18(2)12-9-5-8(3-4-10(9)15-7-16-12)6-11-13(19)17-14(20)21-11;1-6-8-4-7(2-3-9(8)17-14-6)5-10-11(15)13-12(16)18-10/h1-10H,(H,21,22,23);3-7H,1-2H3,(H,17,19,20);2-5H,1H3,(H,13,15,16). The number of thioether (sulfide) groups is 3. The van der Waals surface area contributed by atoms with Crippen molar-refractivity contribution >= 4 is 126 Å². The Labute approximate surface area is 370 Å². The minimum absolute atomic E-state index is 0.339. The summed E-state index contributed by atoms with van der Waals surface area (Å²) in [6, 6.07) is 26.7. The first-order valence-electron chi connectivity index (χ1n) is 18.7. The van der Waals surface area contributed by atoms with Crippen molar-refractivity contribution in [3.8, 4) is 11.3 Å². The minimum atomic E-state index is -0.363. The predicted molar refractivity (Wildman–Crippen MR) is 245 cm³/mol. The molecule has 10 rings (SSSR count). The summed E-state index contributed by atoms with van der Waals surface area (Å²) in [5.41, 5.74) is 7.47. The summed E-state index contributed by atoms with van der Waals surface area (Å²) >= 11 is 2.71. The normalized spacial score (nSPS) is 16.7. The maximum Gasteiger partial charge on any atom is 0.290 e. The molecule has 3 saturated heterocycles. The highest BCUT2D eigenvalue weighted by Crippen LogP contribution is 2.31. The van der Waals surface area contributed by atoms with Crippen molar-refractivity contribution in [1.29, 1.82) is 0 Å². The van der Waals surface area contributed by atoms with Gasteiger partial charge in [-0.05, 0) is 114 Å². The quantitative estimate of drug-likeness (QED) is 0.139. The SMILES string of the molecule is CN(C)c1ncnc2ccc(C=C3SC(=O)NC3=O)cc12.Cc1noc2ccc(C=C3SC(=O)NC3=O)cc12.O=C1NC(=O)C(=Cc2ccc3ncnc(-c4ccccc4)c3c2)S1. The molecule has 6 amide bonds. The Morgan fingerprint density at radius 1 is 0.556 bits per heavy atom. The summed E-state index contributed by atoms with van der Waals surface area (Å²) in [6.45, 7) is 1.85. The molecule has 3 aliphatic rings. The molecule has 63 heavy (non-hydrogen) atoms. The van der Waals surface area contributed by atoms with E-state index in [2.05, 4.69) is 41.0 Å². The van der Waals surface area contributed by atoms with Crippen molar-refractivity contribution in [2.45, 2.75) is 6.92 Å². The van der Waals surface area contributed by atoms with E-state index in [1.54, 1.807) is 30.6 Å². The number of nitrogens with one attached hydrogen (secondary N) is 3. The number of hydrogen-bond acceptors (Lipinski definition) is 16. The second-order valence-corrected chi connectivity index (χ2v) is 16.9. The number of nitrogens with zero attached hydrogens (tertiary/aromatic N) is 6. The smallest absolute Gasteiger partial charge is 0.290 e. The van der Waals surface area contributed by atoms with E-state index in [-0.39, 0.29) is 33.4 Å².